The minimum atomic E-state index is -1.24. The second-order valence-electron chi connectivity index (χ2n) is 10.7. The van der Waals surface area contributed by atoms with Crippen LogP contribution in [0.25, 0.3) is 0 Å². The third-order valence-corrected chi connectivity index (χ3v) is 7.02. The molecule has 8 heteroatoms. The normalized spacial score (nSPS) is 23.3. The zero-order valence-electron chi connectivity index (χ0n) is 21.3. The van der Waals surface area contributed by atoms with Crippen LogP contribution < -0.4 is 0 Å². The molecule has 0 saturated carbocycles. The highest BCUT2D eigenvalue weighted by molar-refractivity contribution is 6.30. The number of hydrogen-bond acceptors (Lipinski definition) is 4. The van der Waals surface area contributed by atoms with Gasteiger partial charge in [-0.3, -0.25) is 9.59 Å². The van der Waals surface area contributed by atoms with E-state index in [1.807, 2.05) is 37.3 Å². The van der Waals surface area contributed by atoms with Crippen molar-refractivity contribution in [2.24, 2.45) is 5.41 Å². The van der Waals surface area contributed by atoms with Crippen molar-refractivity contribution in [3.8, 4) is 0 Å². The number of nitrogens with zero attached hydrogens (tertiary/aromatic N) is 1. The summed E-state index contributed by atoms with van der Waals surface area (Å²) in [7, 11) is 0. The van der Waals surface area contributed by atoms with Crippen molar-refractivity contribution in [2.75, 3.05) is 0 Å². The van der Waals surface area contributed by atoms with Gasteiger partial charge in [0.25, 0.3) is 0 Å². The maximum atomic E-state index is 14.2. The van der Waals surface area contributed by atoms with E-state index in [0.717, 1.165) is 11.1 Å². The molecule has 1 aliphatic heterocycles. The van der Waals surface area contributed by atoms with Gasteiger partial charge in [0.15, 0.2) is 0 Å². The number of aliphatic carboxylic acids is 1. The highest BCUT2D eigenvalue weighted by atomic mass is 35.5. The number of hydrogen-bond donors (Lipinski definition) is 1. The van der Waals surface area contributed by atoms with Crippen LogP contribution in [0.5, 0.6) is 0 Å². The zero-order chi connectivity index (χ0) is 26.8. The first-order valence-corrected chi connectivity index (χ1v) is 12.8. The monoisotopic (exact) mass is 533 g/mol. The summed E-state index contributed by atoms with van der Waals surface area (Å²) in [5, 5.41) is 10.8. The Balaban J connectivity index is 2.25. The van der Waals surface area contributed by atoms with Gasteiger partial charge in [-0.25, -0.2) is 4.79 Å². The summed E-state index contributed by atoms with van der Waals surface area (Å²) in [4.78, 5) is 41.0. The average molecular weight is 534 g/mol. The number of esters is 1. The summed E-state index contributed by atoms with van der Waals surface area (Å²) in [5.74, 6) is -2.32. The number of benzene rings is 2. The Morgan fingerprint density at radius 3 is 2.28 bits per heavy atom. The summed E-state index contributed by atoms with van der Waals surface area (Å²) < 4.78 is 5.71. The molecule has 1 heterocycles. The van der Waals surface area contributed by atoms with Gasteiger partial charge in [0, 0.05) is 16.0 Å². The van der Waals surface area contributed by atoms with Crippen LogP contribution in [0.4, 0.5) is 0 Å². The van der Waals surface area contributed by atoms with Crippen LogP contribution in [-0.2, 0) is 19.1 Å². The number of carboxylic acid groups (broad SMARTS) is 1. The molecule has 2 aromatic carbocycles. The van der Waals surface area contributed by atoms with Crippen LogP contribution >= 0.6 is 23.2 Å². The molecule has 3 rings (SSSR count). The van der Waals surface area contributed by atoms with Crippen LogP contribution in [0.3, 0.4) is 0 Å². The number of ether oxygens (including phenoxy) is 1. The van der Waals surface area contributed by atoms with Gasteiger partial charge < -0.3 is 14.7 Å². The lowest BCUT2D eigenvalue weighted by molar-refractivity contribution is -0.174. The summed E-state index contributed by atoms with van der Waals surface area (Å²) in [6.45, 7) is 8.80. The maximum absolute atomic E-state index is 14.2. The fourth-order valence-electron chi connectivity index (χ4n) is 5.07. The molecule has 0 spiro atoms. The van der Waals surface area contributed by atoms with Crippen molar-refractivity contribution >= 4 is 41.0 Å². The van der Waals surface area contributed by atoms with E-state index < -0.39 is 35.0 Å². The van der Waals surface area contributed by atoms with Crippen molar-refractivity contribution in [1.29, 1.82) is 0 Å². The van der Waals surface area contributed by atoms with Crippen LogP contribution in [0.1, 0.15) is 77.0 Å². The predicted molar refractivity (Wildman–Crippen MR) is 140 cm³/mol. The number of rotatable bonds is 7. The predicted octanol–water partition coefficient (Wildman–Crippen LogP) is 6.65. The third-order valence-electron chi connectivity index (χ3n) is 6.53. The molecule has 2 aromatic rings. The van der Waals surface area contributed by atoms with E-state index in [-0.39, 0.29) is 24.7 Å². The Labute approximate surface area is 222 Å². The van der Waals surface area contributed by atoms with Crippen molar-refractivity contribution in [3.05, 3.63) is 69.7 Å². The van der Waals surface area contributed by atoms with Crippen LogP contribution in [0, 0.1) is 5.41 Å². The molecule has 1 aliphatic rings. The van der Waals surface area contributed by atoms with Gasteiger partial charge in [0.2, 0.25) is 5.91 Å². The number of likely N-dealkylation sites (tertiary alicyclic amines) is 1. The molecule has 0 radical (unpaired) electrons. The largest absolute Gasteiger partial charge is 0.481 e. The number of halogens is 2. The molecule has 0 aromatic heterocycles. The van der Waals surface area contributed by atoms with E-state index >= 15 is 0 Å². The average Bonchev–Trinajstić information content (AvgIpc) is 2.76. The first kappa shape index (κ1) is 28.0. The zero-order valence-corrected chi connectivity index (χ0v) is 22.8. The Morgan fingerprint density at radius 1 is 1.11 bits per heavy atom. The molecular weight excluding hydrogens is 501 g/mol. The lowest BCUT2D eigenvalue weighted by atomic mass is 9.67. The van der Waals surface area contributed by atoms with Gasteiger partial charge in [-0.1, -0.05) is 61.3 Å². The number of amides is 1. The number of carbonyl (C=O) groups is 3. The highest BCUT2D eigenvalue weighted by Crippen LogP contribution is 2.52. The molecule has 1 unspecified atom stereocenters. The third kappa shape index (κ3) is 6.22. The Kier molecular flexibility index (Phi) is 8.41. The van der Waals surface area contributed by atoms with E-state index in [1.165, 1.54) is 0 Å². The highest BCUT2D eigenvalue weighted by Gasteiger charge is 2.53. The summed E-state index contributed by atoms with van der Waals surface area (Å²) >= 11 is 12.5. The Morgan fingerprint density at radius 2 is 1.75 bits per heavy atom. The molecule has 1 fully saturated rings. The van der Waals surface area contributed by atoms with Crippen molar-refractivity contribution in [1.82, 2.24) is 4.90 Å². The molecule has 6 nitrogen and oxygen atoms in total. The first-order chi connectivity index (χ1) is 16.8. The summed E-state index contributed by atoms with van der Waals surface area (Å²) in [6, 6.07) is 13.0. The summed E-state index contributed by atoms with van der Waals surface area (Å²) in [6.07, 6.45) is 0.209. The smallest absolute Gasteiger partial charge is 0.329 e. The van der Waals surface area contributed by atoms with Gasteiger partial charge in [-0.15, -0.1) is 0 Å². The first-order valence-electron chi connectivity index (χ1n) is 12.0. The molecule has 1 saturated heterocycles. The minimum absolute atomic E-state index is 0.271. The fourth-order valence-corrected chi connectivity index (χ4v) is 5.39. The molecule has 0 bridgehead atoms. The number of piperidine rings is 1. The van der Waals surface area contributed by atoms with E-state index in [4.69, 9.17) is 27.9 Å². The van der Waals surface area contributed by atoms with E-state index in [0.29, 0.717) is 16.5 Å². The summed E-state index contributed by atoms with van der Waals surface area (Å²) in [5.41, 5.74) is -0.347. The van der Waals surface area contributed by atoms with Gasteiger partial charge in [-0.05, 0) is 69.0 Å². The SMILES string of the molecule is CCC(C(=O)OC(C)(C)C)N1C(=O)[C@](C)(CC(=O)O)C[C@H](c2cccc(Cl)c2)[C@H]1c1ccc(Cl)cc1. The lowest BCUT2D eigenvalue weighted by Gasteiger charge is -2.51. The fraction of sp³-hybridized carbons (Fsp3) is 0.464. The van der Waals surface area contributed by atoms with Gasteiger partial charge in [-0.2, -0.15) is 0 Å². The minimum Gasteiger partial charge on any atom is -0.481 e. The second-order valence-corrected chi connectivity index (χ2v) is 11.5. The number of carboxylic acids is 1. The lowest BCUT2D eigenvalue weighted by Crippen LogP contribution is -2.58. The number of carbonyl (C=O) groups excluding carboxylic acids is 2. The van der Waals surface area contributed by atoms with Crippen molar-refractivity contribution < 1.29 is 24.2 Å². The van der Waals surface area contributed by atoms with E-state index in [1.54, 1.807) is 50.8 Å². The molecule has 1 N–H and O–H groups in total. The Hall–Kier alpha value is -2.57. The van der Waals surface area contributed by atoms with Gasteiger partial charge >= 0.3 is 11.9 Å². The van der Waals surface area contributed by atoms with Gasteiger partial charge in [0.05, 0.1) is 17.9 Å². The van der Waals surface area contributed by atoms with Crippen LogP contribution in [0.2, 0.25) is 10.0 Å². The van der Waals surface area contributed by atoms with Crippen LogP contribution in [0.15, 0.2) is 48.5 Å². The Bertz CT molecular complexity index is 1130. The second kappa shape index (κ2) is 10.8. The molecule has 0 aliphatic carbocycles. The standard InChI is InChI=1S/C28H33Cl2NO5/c1-6-22(25(34)36-27(2,3)4)31-24(17-10-12-19(29)13-11-17)21(18-8-7-9-20(30)14-18)15-28(5,26(31)35)16-23(32)33/h7-14,21-22,24H,6,15-16H2,1-5H3,(H,32,33)/t21-,22?,24-,28+/m1/s1. The molecule has 1 amide bonds. The molecular formula is C28H33Cl2NO5. The quantitative estimate of drug-likeness (QED) is 0.402. The maximum Gasteiger partial charge on any atom is 0.329 e. The van der Waals surface area contributed by atoms with E-state index in [9.17, 15) is 19.5 Å². The molecule has 194 valence electrons. The molecule has 4 atom stereocenters. The van der Waals surface area contributed by atoms with E-state index in [2.05, 4.69) is 0 Å². The van der Waals surface area contributed by atoms with Gasteiger partial charge in [0.1, 0.15) is 11.6 Å². The molecule has 36 heavy (non-hydrogen) atoms. The topological polar surface area (TPSA) is 83.9 Å². The van der Waals surface area contributed by atoms with Crippen LogP contribution in [-0.4, -0.2) is 39.5 Å². The van der Waals surface area contributed by atoms with Crippen molar-refractivity contribution in [3.63, 3.8) is 0 Å². The van der Waals surface area contributed by atoms with Crippen molar-refractivity contribution in [2.45, 2.75) is 77.5 Å².